The number of unbranched alkanes of at least 4 members (excludes halogenated alkanes) is 19. The van der Waals surface area contributed by atoms with E-state index in [9.17, 15) is 9.90 Å². The number of ether oxygens (including phenoxy) is 1. The first-order valence-corrected chi connectivity index (χ1v) is 14.9. The van der Waals surface area contributed by atoms with Crippen molar-refractivity contribution in [2.45, 2.75) is 181 Å². The molecule has 0 fully saturated rings. The van der Waals surface area contributed by atoms with E-state index in [1.54, 1.807) is 0 Å². The Morgan fingerprint density at radius 2 is 0.939 bits per heavy atom. The van der Waals surface area contributed by atoms with Gasteiger partial charge < -0.3 is 9.84 Å². The van der Waals surface area contributed by atoms with Crippen LogP contribution in [-0.4, -0.2) is 17.4 Å². The van der Waals surface area contributed by atoms with Crippen molar-refractivity contribution in [3.63, 3.8) is 0 Å². The van der Waals surface area contributed by atoms with Gasteiger partial charge in [-0.25, -0.2) is 0 Å². The van der Waals surface area contributed by atoms with Gasteiger partial charge in [-0.05, 0) is 18.8 Å². The minimum Gasteiger partial charge on any atom is -0.436 e. The molecule has 0 amide bonds. The highest BCUT2D eigenvalue weighted by atomic mass is 16.6. The average Bonchev–Trinajstić information content (AvgIpc) is 2.78. The molecule has 0 aromatic carbocycles. The van der Waals surface area contributed by atoms with Crippen LogP contribution in [-0.2, 0) is 9.53 Å². The maximum absolute atomic E-state index is 11.9. The first-order chi connectivity index (χ1) is 16.1. The number of carbonyl (C=O) groups is 1. The van der Waals surface area contributed by atoms with Crippen molar-refractivity contribution in [1.82, 2.24) is 0 Å². The quantitative estimate of drug-likeness (QED) is 0.0780. The Bertz CT molecular complexity index is 394. The summed E-state index contributed by atoms with van der Waals surface area (Å²) in [6.45, 7) is 6.86. The van der Waals surface area contributed by atoms with Crippen molar-refractivity contribution >= 4 is 5.97 Å². The highest BCUT2D eigenvalue weighted by molar-refractivity contribution is 5.69. The standard InChI is InChI=1S/C30H60O3/c1-4-5-6-7-8-9-10-11-12-13-17-20-23-26-29(31)33-30(32)27-24-21-18-15-14-16-19-22-25-28(2)3/h28-29,31H,4-27H2,1-3H3. The topological polar surface area (TPSA) is 46.5 Å². The summed E-state index contributed by atoms with van der Waals surface area (Å²) in [4.78, 5) is 11.9. The third kappa shape index (κ3) is 27.6. The molecular weight excluding hydrogens is 408 g/mol. The highest BCUT2D eigenvalue weighted by Crippen LogP contribution is 2.15. The first-order valence-electron chi connectivity index (χ1n) is 14.9. The van der Waals surface area contributed by atoms with Crippen LogP contribution in [0, 0.1) is 5.92 Å². The van der Waals surface area contributed by atoms with Crippen molar-refractivity contribution in [2.24, 2.45) is 5.92 Å². The van der Waals surface area contributed by atoms with Gasteiger partial charge in [0, 0.05) is 12.8 Å². The molecule has 3 nitrogen and oxygen atoms in total. The summed E-state index contributed by atoms with van der Waals surface area (Å²) in [5.41, 5.74) is 0. The summed E-state index contributed by atoms with van der Waals surface area (Å²) in [6, 6.07) is 0. The molecule has 3 heteroatoms. The molecule has 0 radical (unpaired) electrons. The second-order valence-corrected chi connectivity index (χ2v) is 10.7. The van der Waals surface area contributed by atoms with Gasteiger partial charge in [0.1, 0.15) is 0 Å². The molecule has 0 spiro atoms. The third-order valence-electron chi connectivity index (χ3n) is 6.73. The van der Waals surface area contributed by atoms with E-state index in [0.29, 0.717) is 12.8 Å². The smallest absolute Gasteiger partial charge is 0.308 e. The zero-order valence-corrected chi connectivity index (χ0v) is 22.9. The molecule has 1 unspecified atom stereocenters. The summed E-state index contributed by atoms with van der Waals surface area (Å²) in [5, 5.41) is 9.93. The van der Waals surface area contributed by atoms with Gasteiger partial charge in [0.2, 0.25) is 6.29 Å². The molecule has 0 saturated carbocycles. The summed E-state index contributed by atoms with van der Waals surface area (Å²) < 4.78 is 5.17. The minimum absolute atomic E-state index is 0.231. The predicted molar refractivity (Wildman–Crippen MR) is 143 cm³/mol. The van der Waals surface area contributed by atoms with Gasteiger partial charge in [0.25, 0.3) is 0 Å². The number of esters is 1. The van der Waals surface area contributed by atoms with Crippen molar-refractivity contribution < 1.29 is 14.6 Å². The fourth-order valence-corrected chi connectivity index (χ4v) is 4.49. The maximum Gasteiger partial charge on any atom is 0.308 e. The van der Waals surface area contributed by atoms with E-state index in [4.69, 9.17) is 4.74 Å². The van der Waals surface area contributed by atoms with Gasteiger partial charge in [-0.2, -0.15) is 0 Å². The Hall–Kier alpha value is -0.570. The van der Waals surface area contributed by atoms with Crippen molar-refractivity contribution in [1.29, 1.82) is 0 Å². The molecular formula is C30H60O3. The molecule has 33 heavy (non-hydrogen) atoms. The Labute approximate surface area is 207 Å². The monoisotopic (exact) mass is 468 g/mol. The zero-order chi connectivity index (χ0) is 24.4. The molecule has 0 bridgehead atoms. The van der Waals surface area contributed by atoms with Crippen LogP contribution in [0.4, 0.5) is 0 Å². The second-order valence-electron chi connectivity index (χ2n) is 10.7. The molecule has 0 heterocycles. The lowest BCUT2D eigenvalue weighted by atomic mass is 10.0. The number of rotatable bonds is 26. The summed E-state index contributed by atoms with van der Waals surface area (Å²) >= 11 is 0. The molecule has 0 aromatic rings. The molecule has 0 aromatic heterocycles. The van der Waals surface area contributed by atoms with E-state index in [0.717, 1.165) is 31.6 Å². The minimum atomic E-state index is -0.906. The second kappa shape index (κ2) is 26.0. The molecule has 0 aliphatic rings. The number of hydrogen-bond donors (Lipinski definition) is 1. The Balaban J connectivity index is 3.30. The third-order valence-corrected chi connectivity index (χ3v) is 6.73. The van der Waals surface area contributed by atoms with Crippen molar-refractivity contribution in [2.75, 3.05) is 0 Å². The van der Waals surface area contributed by atoms with Gasteiger partial charge in [-0.15, -0.1) is 0 Å². The molecule has 0 aliphatic heterocycles. The molecule has 1 N–H and O–H groups in total. The van der Waals surface area contributed by atoms with Crippen molar-refractivity contribution in [3.8, 4) is 0 Å². The first kappa shape index (κ1) is 32.4. The number of hydrogen-bond acceptors (Lipinski definition) is 3. The van der Waals surface area contributed by atoms with Gasteiger partial charge in [-0.1, -0.05) is 149 Å². The van der Waals surface area contributed by atoms with E-state index in [1.807, 2.05) is 0 Å². The van der Waals surface area contributed by atoms with Crippen LogP contribution in [0.3, 0.4) is 0 Å². The predicted octanol–water partition coefficient (Wildman–Crippen LogP) is 9.89. The average molecular weight is 469 g/mol. The normalized spacial score (nSPS) is 12.4. The summed E-state index contributed by atoms with van der Waals surface area (Å²) in [7, 11) is 0. The number of aliphatic hydroxyl groups is 1. The van der Waals surface area contributed by atoms with Crippen LogP contribution in [0.2, 0.25) is 0 Å². The van der Waals surface area contributed by atoms with Crippen LogP contribution in [0.5, 0.6) is 0 Å². The summed E-state index contributed by atoms with van der Waals surface area (Å²) in [5.74, 6) is 0.600. The van der Waals surface area contributed by atoms with E-state index in [-0.39, 0.29) is 5.97 Å². The molecule has 0 aliphatic carbocycles. The Morgan fingerprint density at radius 1 is 0.576 bits per heavy atom. The Kier molecular flexibility index (Phi) is 25.6. The SMILES string of the molecule is CCCCCCCCCCCCCCCC(O)OC(=O)CCCCCCCCCCC(C)C. The van der Waals surface area contributed by atoms with Gasteiger partial charge in [-0.3, -0.25) is 4.79 Å². The van der Waals surface area contributed by atoms with E-state index in [1.165, 1.54) is 116 Å². The van der Waals surface area contributed by atoms with Gasteiger partial charge >= 0.3 is 5.97 Å². The fourth-order valence-electron chi connectivity index (χ4n) is 4.49. The lowest BCUT2D eigenvalue weighted by molar-refractivity contribution is -0.168. The van der Waals surface area contributed by atoms with Crippen LogP contribution < -0.4 is 0 Å². The maximum atomic E-state index is 11.9. The van der Waals surface area contributed by atoms with E-state index in [2.05, 4.69) is 20.8 Å². The fraction of sp³-hybridized carbons (Fsp3) is 0.967. The largest absolute Gasteiger partial charge is 0.436 e. The van der Waals surface area contributed by atoms with E-state index < -0.39 is 6.29 Å². The molecule has 1 atom stereocenters. The Morgan fingerprint density at radius 3 is 1.36 bits per heavy atom. The van der Waals surface area contributed by atoms with E-state index >= 15 is 0 Å². The van der Waals surface area contributed by atoms with Crippen LogP contribution in [0.1, 0.15) is 175 Å². The zero-order valence-electron chi connectivity index (χ0n) is 22.9. The lowest BCUT2D eigenvalue weighted by Gasteiger charge is -2.12. The number of carbonyl (C=O) groups excluding carboxylic acids is 1. The van der Waals surface area contributed by atoms with Crippen LogP contribution in [0.25, 0.3) is 0 Å². The molecule has 0 rings (SSSR count). The number of aliphatic hydroxyl groups excluding tert-OH is 1. The van der Waals surface area contributed by atoms with Crippen LogP contribution in [0.15, 0.2) is 0 Å². The van der Waals surface area contributed by atoms with Gasteiger partial charge in [0.15, 0.2) is 0 Å². The summed E-state index contributed by atoms with van der Waals surface area (Å²) in [6.07, 6.45) is 28.4. The molecule has 0 saturated heterocycles. The lowest BCUT2D eigenvalue weighted by Crippen LogP contribution is -2.17. The molecule has 198 valence electrons. The van der Waals surface area contributed by atoms with Crippen LogP contribution >= 0.6 is 0 Å². The van der Waals surface area contributed by atoms with Crippen molar-refractivity contribution in [3.05, 3.63) is 0 Å². The highest BCUT2D eigenvalue weighted by Gasteiger charge is 2.10. The van der Waals surface area contributed by atoms with Gasteiger partial charge in [0.05, 0.1) is 0 Å².